The molecule has 0 spiro atoms. The second-order valence-corrected chi connectivity index (χ2v) is 8.35. The predicted octanol–water partition coefficient (Wildman–Crippen LogP) is 2.78. The first-order chi connectivity index (χ1) is 13.7. The van der Waals surface area contributed by atoms with E-state index in [2.05, 4.69) is 15.1 Å². The van der Waals surface area contributed by atoms with E-state index in [1.54, 1.807) is 0 Å². The van der Waals surface area contributed by atoms with Crippen LogP contribution in [-0.4, -0.2) is 60.1 Å². The van der Waals surface area contributed by atoms with E-state index < -0.39 is 0 Å². The van der Waals surface area contributed by atoms with Crippen molar-refractivity contribution in [2.75, 3.05) is 26.2 Å². The number of alkyl carbamates (subject to hydrolysis) is 1. The van der Waals surface area contributed by atoms with Gasteiger partial charge in [-0.25, -0.2) is 4.79 Å². The van der Waals surface area contributed by atoms with E-state index in [-0.39, 0.29) is 12.1 Å². The Bertz CT molecular complexity index is 661. The minimum absolute atomic E-state index is 0.206. The Morgan fingerprint density at radius 2 is 1.61 bits per heavy atom. The minimum atomic E-state index is -0.320. The molecule has 4 rings (SSSR count). The molecule has 0 radical (unpaired) electrons. The molecule has 1 heterocycles. The number of benzene rings is 1. The second kappa shape index (κ2) is 8.95. The molecular formula is C22H31N3O3. The molecular weight excluding hydrogens is 354 g/mol. The van der Waals surface area contributed by atoms with Crippen LogP contribution in [0.15, 0.2) is 30.3 Å². The molecule has 0 unspecified atom stereocenters. The lowest BCUT2D eigenvalue weighted by molar-refractivity contribution is -0.134. The van der Waals surface area contributed by atoms with E-state index in [0.29, 0.717) is 24.5 Å². The Labute approximate surface area is 167 Å². The van der Waals surface area contributed by atoms with Gasteiger partial charge in [-0.05, 0) is 44.1 Å². The first-order valence-electron chi connectivity index (χ1n) is 10.7. The summed E-state index contributed by atoms with van der Waals surface area (Å²) < 4.78 is 5.33. The standard InChI is InChI=1S/C22H31N3O3/c26-21(18-6-7-18)25-14-12-24(13-15-25)20-10-8-19(9-11-20)23-22(27)28-16-17-4-2-1-3-5-17/h1-5,18-20H,6-16H2,(H,23,27). The monoisotopic (exact) mass is 385 g/mol. The van der Waals surface area contributed by atoms with E-state index >= 15 is 0 Å². The van der Waals surface area contributed by atoms with Gasteiger partial charge >= 0.3 is 6.09 Å². The molecule has 1 aromatic rings. The number of nitrogens with one attached hydrogen (secondary N) is 1. The van der Waals surface area contributed by atoms with Crippen LogP contribution in [0.2, 0.25) is 0 Å². The Kier molecular flexibility index (Phi) is 6.15. The summed E-state index contributed by atoms with van der Waals surface area (Å²) in [6, 6.07) is 10.5. The normalized spacial score (nSPS) is 25.9. The van der Waals surface area contributed by atoms with Gasteiger partial charge in [0.25, 0.3) is 0 Å². The average molecular weight is 386 g/mol. The number of ether oxygens (including phenoxy) is 1. The molecule has 0 atom stereocenters. The molecule has 1 saturated heterocycles. The van der Waals surface area contributed by atoms with Crippen LogP contribution in [0.5, 0.6) is 0 Å². The van der Waals surface area contributed by atoms with Gasteiger partial charge < -0.3 is 15.0 Å². The lowest BCUT2D eigenvalue weighted by Crippen LogP contribution is -2.53. The van der Waals surface area contributed by atoms with Gasteiger partial charge in [0.1, 0.15) is 6.61 Å². The van der Waals surface area contributed by atoms with Gasteiger partial charge in [-0.3, -0.25) is 9.69 Å². The highest BCUT2D eigenvalue weighted by Crippen LogP contribution is 2.32. The Morgan fingerprint density at radius 3 is 2.25 bits per heavy atom. The van der Waals surface area contributed by atoms with Crippen LogP contribution >= 0.6 is 0 Å². The number of carbonyl (C=O) groups is 2. The second-order valence-electron chi connectivity index (χ2n) is 8.35. The summed E-state index contributed by atoms with van der Waals surface area (Å²) in [5.74, 6) is 0.705. The maximum Gasteiger partial charge on any atom is 0.407 e. The number of carbonyl (C=O) groups excluding carboxylic acids is 2. The fourth-order valence-corrected chi connectivity index (χ4v) is 4.41. The minimum Gasteiger partial charge on any atom is -0.445 e. The van der Waals surface area contributed by atoms with Crippen LogP contribution in [-0.2, 0) is 16.1 Å². The summed E-state index contributed by atoms with van der Waals surface area (Å²) in [7, 11) is 0. The number of hydrogen-bond acceptors (Lipinski definition) is 4. The number of piperazine rings is 1. The molecule has 1 N–H and O–H groups in total. The molecule has 6 heteroatoms. The van der Waals surface area contributed by atoms with Crippen molar-refractivity contribution in [2.45, 2.75) is 57.2 Å². The molecule has 0 bridgehead atoms. The van der Waals surface area contributed by atoms with Crippen molar-refractivity contribution in [3.8, 4) is 0 Å². The van der Waals surface area contributed by atoms with Crippen LogP contribution in [0.25, 0.3) is 0 Å². The third-order valence-electron chi connectivity index (χ3n) is 6.30. The van der Waals surface area contributed by atoms with Crippen molar-refractivity contribution in [3.63, 3.8) is 0 Å². The molecule has 0 aromatic heterocycles. The molecule has 152 valence electrons. The molecule has 2 amide bonds. The molecule has 3 fully saturated rings. The van der Waals surface area contributed by atoms with Crippen molar-refractivity contribution in [1.29, 1.82) is 0 Å². The zero-order valence-electron chi connectivity index (χ0n) is 16.5. The van der Waals surface area contributed by atoms with Gasteiger partial charge in [0.05, 0.1) is 0 Å². The number of rotatable bonds is 5. The maximum absolute atomic E-state index is 12.2. The highest BCUT2D eigenvalue weighted by molar-refractivity contribution is 5.81. The fourth-order valence-electron chi connectivity index (χ4n) is 4.41. The summed E-state index contributed by atoms with van der Waals surface area (Å²) in [6.07, 6.45) is 6.03. The van der Waals surface area contributed by atoms with E-state index in [9.17, 15) is 9.59 Å². The molecule has 1 aromatic carbocycles. The summed E-state index contributed by atoms with van der Waals surface area (Å²) >= 11 is 0. The largest absolute Gasteiger partial charge is 0.445 e. The third-order valence-corrected chi connectivity index (χ3v) is 6.30. The molecule has 2 aliphatic carbocycles. The Morgan fingerprint density at radius 1 is 0.929 bits per heavy atom. The van der Waals surface area contributed by atoms with Gasteiger partial charge in [-0.2, -0.15) is 0 Å². The lowest BCUT2D eigenvalue weighted by Gasteiger charge is -2.42. The summed E-state index contributed by atoms with van der Waals surface area (Å²) in [4.78, 5) is 28.8. The van der Waals surface area contributed by atoms with Gasteiger partial charge in [0, 0.05) is 44.2 Å². The van der Waals surface area contributed by atoms with E-state index in [0.717, 1.165) is 70.3 Å². The van der Waals surface area contributed by atoms with E-state index in [4.69, 9.17) is 4.74 Å². The van der Waals surface area contributed by atoms with Crippen molar-refractivity contribution in [1.82, 2.24) is 15.1 Å². The van der Waals surface area contributed by atoms with Crippen LogP contribution < -0.4 is 5.32 Å². The van der Waals surface area contributed by atoms with Gasteiger partial charge in [0.2, 0.25) is 5.91 Å². The van der Waals surface area contributed by atoms with Crippen molar-refractivity contribution >= 4 is 12.0 Å². The van der Waals surface area contributed by atoms with Crippen LogP contribution in [0.3, 0.4) is 0 Å². The summed E-state index contributed by atoms with van der Waals surface area (Å²) in [6.45, 7) is 4.03. The quantitative estimate of drug-likeness (QED) is 0.847. The first-order valence-corrected chi connectivity index (χ1v) is 10.7. The molecule has 6 nitrogen and oxygen atoms in total. The number of hydrogen-bond donors (Lipinski definition) is 1. The predicted molar refractivity (Wildman–Crippen MR) is 107 cm³/mol. The summed E-state index contributed by atoms with van der Waals surface area (Å²) in [5.41, 5.74) is 1.00. The van der Waals surface area contributed by atoms with Gasteiger partial charge in [0.15, 0.2) is 0 Å². The van der Waals surface area contributed by atoms with Crippen molar-refractivity contribution < 1.29 is 14.3 Å². The average Bonchev–Trinajstić information content (AvgIpc) is 3.59. The Balaban J connectivity index is 1.14. The molecule has 28 heavy (non-hydrogen) atoms. The van der Waals surface area contributed by atoms with Gasteiger partial charge in [-0.1, -0.05) is 30.3 Å². The molecule has 1 aliphatic heterocycles. The smallest absolute Gasteiger partial charge is 0.407 e. The third kappa shape index (κ3) is 5.04. The maximum atomic E-state index is 12.2. The van der Waals surface area contributed by atoms with Crippen LogP contribution in [0.4, 0.5) is 4.79 Å². The zero-order valence-corrected chi connectivity index (χ0v) is 16.5. The first kappa shape index (κ1) is 19.2. The molecule has 3 aliphatic rings. The lowest BCUT2D eigenvalue weighted by atomic mass is 9.90. The van der Waals surface area contributed by atoms with Crippen molar-refractivity contribution in [2.24, 2.45) is 5.92 Å². The van der Waals surface area contributed by atoms with Crippen LogP contribution in [0, 0.1) is 5.92 Å². The SMILES string of the molecule is O=C(NC1CCC(N2CCN(C(=O)C3CC3)CC2)CC1)OCc1ccccc1. The number of amides is 2. The van der Waals surface area contributed by atoms with E-state index in [1.165, 1.54) is 0 Å². The van der Waals surface area contributed by atoms with Crippen molar-refractivity contribution in [3.05, 3.63) is 35.9 Å². The zero-order chi connectivity index (χ0) is 19.3. The Hall–Kier alpha value is -2.08. The number of nitrogens with zero attached hydrogens (tertiary/aromatic N) is 2. The van der Waals surface area contributed by atoms with E-state index in [1.807, 2.05) is 30.3 Å². The molecule has 2 saturated carbocycles. The van der Waals surface area contributed by atoms with Gasteiger partial charge in [-0.15, -0.1) is 0 Å². The van der Waals surface area contributed by atoms with Crippen LogP contribution in [0.1, 0.15) is 44.1 Å². The summed E-state index contributed by atoms with van der Waals surface area (Å²) in [5, 5.41) is 3.02. The topological polar surface area (TPSA) is 61.9 Å². The highest BCUT2D eigenvalue weighted by atomic mass is 16.5. The highest BCUT2D eigenvalue weighted by Gasteiger charge is 2.36. The fraction of sp³-hybridized carbons (Fsp3) is 0.636.